The highest BCUT2D eigenvalue weighted by Gasteiger charge is 2.31. The maximum Gasteiger partial charge on any atom is 0.253 e. The van der Waals surface area contributed by atoms with Crippen LogP contribution < -0.4 is 10.6 Å². The van der Waals surface area contributed by atoms with E-state index in [2.05, 4.69) is 33.5 Å². The first-order chi connectivity index (χ1) is 15.8. The summed E-state index contributed by atoms with van der Waals surface area (Å²) in [6.07, 6.45) is 2.76. The van der Waals surface area contributed by atoms with Crippen LogP contribution in [-0.2, 0) is 20.6 Å². The van der Waals surface area contributed by atoms with Gasteiger partial charge >= 0.3 is 0 Å². The van der Waals surface area contributed by atoms with Crippen LogP contribution in [0.5, 0.6) is 0 Å². The highest BCUT2D eigenvalue weighted by molar-refractivity contribution is 9.10. The lowest BCUT2D eigenvalue weighted by Crippen LogP contribution is -2.42. The normalized spacial score (nSPS) is 15.2. The zero-order valence-corrected chi connectivity index (χ0v) is 21.1. The molecule has 33 heavy (non-hydrogen) atoms. The van der Waals surface area contributed by atoms with Crippen LogP contribution in [0.25, 0.3) is 0 Å². The Kier molecular flexibility index (Phi) is 9.05. The summed E-state index contributed by atoms with van der Waals surface area (Å²) in [6.45, 7) is 3.24. The van der Waals surface area contributed by atoms with Crippen LogP contribution in [0.4, 0.5) is 5.69 Å². The molecule has 0 unspecified atom stereocenters. The SMILES string of the molecule is CCCCNC(=O)c1ccccc1NC(=O)C1CCN(S(=O)(=O)Cc2ccc(Br)cc2)CC1. The zero-order valence-electron chi connectivity index (χ0n) is 18.7. The Bertz CT molecular complexity index is 1070. The van der Waals surface area contributed by atoms with Crippen molar-refractivity contribution in [2.45, 2.75) is 38.4 Å². The number of rotatable bonds is 9. The number of sulfonamides is 1. The van der Waals surface area contributed by atoms with Crippen molar-refractivity contribution in [3.63, 3.8) is 0 Å². The van der Waals surface area contributed by atoms with E-state index in [1.165, 1.54) is 4.31 Å². The lowest BCUT2D eigenvalue weighted by Gasteiger charge is -2.30. The molecule has 2 amide bonds. The van der Waals surface area contributed by atoms with Crippen molar-refractivity contribution in [2.24, 2.45) is 5.92 Å². The summed E-state index contributed by atoms with van der Waals surface area (Å²) in [4.78, 5) is 25.3. The Morgan fingerprint density at radius 1 is 1.06 bits per heavy atom. The number of nitrogens with one attached hydrogen (secondary N) is 2. The van der Waals surface area contributed by atoms with Gasteiger partial charge in [0.05, 0.1) is 17.0 Å². The molecule has 2 aromatic rings. The van der Waals surface area contributed by atoms with Crippen molar-refractivity contribution in [3.8, 4) is 0 Å². The van der Waals surface area contributed by atoms with Crippen molar-refractivity contribution in [2.75, 3.05) is 25.0 Å². The van der Waals surface area contributed by atoms with Crippen LogP contribution in [0.3, 0.4) is 0 Å². The highest BCUT2D eigenvalue weighted by Crippen LogP contribution is 2.24. The Hall–Kier alpha value is -2.23. The van der Waals surface area contributed by atoms with Crippen molar-refractivity contribution in [1.82, 2.24) is 9.62 Å². The van der Waals surface area contributed by atoms with Crippen LogP contribution in [0, 0.1) is 5.92 Å². The number of carbonyl (C=O) groups is 2. The van der Waals surface area contributed by atoms with Gasteiger partial charge in [0.15, 0.2) is 0 Å². The average Bonchev–Trinajstić information content (AvgIpc) is 2.81. The van der Waals surface area contributed by atoms with Crippen LogP contribution >= 0.6 is 15.9 Å². The average molecular weight is 536 g/mol. The number of carbonyl (C=O) groups excluding carboxylic acids is 2. The van der Waals surface area contributed by atoms with E-state index < -0.39 is 10.0 Å². The number of piperidine rings is 1. The number of hydrogen-bond acceptors (Lipinski definition) is 4. The summed E-state index contributed by atoms with van der Waals surface area (Å²) < 4.78 is 28.0. The summed E-state index contributed by atoms with van der Waals surface area (Å²) in [5.41, 5.74) is 1.63. The maximum atomic E-state index is 12.9. The topological polar surface area (TPSA) is 95.6 Å². The molecule has 2 aromatic carbocycles. The molecule has 0 aromatic heterocycles. The van der Waals surface area contributed by atoms with Crippen molar-refractivity contribution in [1.29, 1.82) is 0 Å². The fourth-order valence-electron chi connectivity index (χ4n) is 3.78. The minimum absolute atomic E-state index is 0.0579. The molecule has 1 heterocycles. The second-order valence-corrected chi connectivity index (χ2v) is 11.1. The smallest absolute Gasteiger partial charge is 0.253 e. The monoisotopic (exact) mass is 535 g/mol. The van der Waals surface area contributed by atoms with E-state index >= 15 is 0 Å². The summed E-state index contributed by atoms with van der Waals surface area (Å²) in [5.74, 6) is -0.764. The van der Waals surface area contributed by atoms with Gasteiger partial charge in [0, 0.05) is 30.0 Å². The molecule has 0 saturated carbocycles. The minimum atomic E-state index is -3.45. The first kappa shape index (κ1) is 25.4. The fourth-order valence-corrected chi connectivity index (χ4v) is 5.61. The van der Waals surface area contributed by atoms with Crippen molar-refractivity contribution in [3.05, 3.63) is 64.1 Å². The Morgan fingerprint density at radius 2 is 1.73 bits per heavy atom. The van der Waals surface area contributed by atoms with E-state index in [1.807, 2.05) is 12.1 Å². The second-order valence-electron chi connectivity index (χ2n) is 8.20. The van der Waals surface area contributed by atoms with Gasteiger partial charge in [-0.25, -0.2) is 12.7 Å². The Balaban J connectivity index is 1.56. The molecular weight excluding hydrogens is 506 g/mol. The molecule has 0 bridgehead atoms. The molecule has 1 fully saturated rings. The van der Waals surface area contributed by atoms with Gasteiger partial charge in [-0.3, -0.25) is 9.59 Å². The minimum Gasteiger partial charge on any atom is -0.352 e. The molecule has 178 valence electrons. The van der Waals surface area contributed by atoms with E-state index in [1.54, 1.807) is 36.4 Å². The van der Waals surface area contributed by atoms with E-state index in [0.717, 1.165) is 22.9 Å². The molecule has 0 radical (unpaired) electrons. The third-order valence-corrected chi connectivity index (χ3v) is 8.10. The number of unbranched alkanes of at least 4 members (excludes halogenated alkanes) is 1. The van der Waals surface area contributed by atoms with Crippen LogP contribution in [0.2, 0.25) is 0 Å². The Labute approximate surface area is 204 Å². The summed E-state index contributed by atoms with van der Waals surface area (Å²) in [5, 5.41) is 5.75. The standard InChI is InChI=1S/C24H30BrN3O4S/c1-2-3-14-26-24(30)21-6-4-5-7-22(21)27-23(29)19-12-15-28(16-13-19)33(31,32)17-18-8-10-20(25)11-9-18/h4-11,19H,2-3,12-17H2,1H3,(H,26,30)(H,27,29). The van der Waals surface area contributed by atoms with Gasteiger partial charge in [0.2, 0.25) is 15.9 Å². The van der Waals surface area contributed by atoms with Crippen molar-refractivity contribution < 1.29 is 18.0 Å². The van der Waals surface area contributed by atoms with Crippen LogP contribution in [-0.4, -0.2) is 44.2 Å². The van der Waals surface area contributed by atoms with Gasteiger partial charge in [-0.2, -0.15) is 0 Å². The quantitative estimate of drug-likeness (QED) is 0.471. The van der Waals surface area contributed by atoms with E-state index in [9.17, 15) is 18.0 Å². The number of nitrogens with zero attached hydrogens (tertiary/aromatic N) is 1. The fraction of sp³-hybridized carbons (Fsp3) is 0.417. The van der Waals surface area contributed by atoms with Gasteiger partial charge in [-0.05, 0) is 49.1 Å². The molecule has 7 nitrogen and oxygen atoms in total. The molecule has 3 rings (SSSR count). The van der Waals surface area contributed by atoms with Gasteiger partial charge < -0.3 is 10.6 Å². The first-order valence-electron chi connectivity index (χ1n) is 11.2. The second kappa shape index (κ2) is 11.8. The van der Waals surface area contributed by atoms with Gasteiger partial charge in [-0.1, -0.05) is 53.5 Å². The van der Waals surface area contributed by atoms with Gasteiger partial charge in [-0.15, -0.1) is 0 Å². The van der Waals surface area contributed by atoms with Crippen LogP contribution in [0.1, 0.15) is 48.5 Å². The molecule has 2 N–H and O–H groups in total. The molecule has 0 aliphatic carbocycles. The first-order valence-corrected chi connectivity index (χ1v) is 13.6. The lowest BCUT2D eigenvalue weighted by molar-refractivity contribution is -0.120. The molecule has 9 heteroatoms. The maximum absolute atomic E-state index is 12.9. The highest BCUT2D eigenvalue weighted by atomic mass is 79.9. The zero-order chi connectivity index (χ0) is 23.8. The Morgan fingerprint density at radius 3 is 2.39 bits per heavy atom. The molecule has 1 aliphatic rings. The molecule has 0 spiro atoms. The van der Waals surface area contributed by atoms with Gasteiger partial charge in [0.1, 0.15) is 0 Å². The number of para-hydroxylation sites is 1. The van der Waals surface area contributed by atoms with E-state index in [-0.39, 0.29) is 23.5 Å². The molecule has 1 saturated heterocycles. The molecular formula is C24H30BrN3O4S. The predicted octanol–water partition coefficient (Wildman–Crippen LogP) is 4.16. The summed E-state index contributed by atoms with van der Waals surface area (Å²) in [6, 6.07) is 14.2. The number of amides is 2. The molecule has 1 aliphatic heterocycles. The number of anilines is 1. The third-order valence-electron chi connectivity index (χ3n) is 5.73. The van der Waals surface area contributed by atoms with E-state index in [0.29, 0.717) is 43.7 Å². The van der Waals surface area contributed by atoms with Gasteiger partial charge in [0.25, 0.3) is 5.91 Å². The lowest BCUT2D eigenvalue weighted by atomic mass is 9.97. The van der Waals surface area contributed by atoms with Crippen LogP contribution in [0.15, 0.2) is 53.0 Å². The predicted molar refractivity (Wildman–Crippen MR) is 133 cm³/mol. The summed E-state index contributed by atoms with van der Waals surface area (Å²) in [7, 11) is -3.45. The van der Waals surface area contributed by atoms with Crippen molar-refractivity contribution >= 4 is 43.5 Å². The summed E-state index contributed by atoms with van der Waals surface area (Å²) >= 11 is 3.35. The van der Waals surface area contributed by atoms with E-state index in [4.69, 9.17) is 0 Å². The number of halogens is 1. The number of benzene rings is 2. The molecule has 0 atom stereocenters. The number of hydrogen-bond donors (Lipinski definition) is 2. The largest absolute Gasteiger partial charge is 0.352 e. The third kappa shape index (κ3) is 7.12.